The van der Waals surface area contributed by atoms with Crippen molar-refractivity contribution in [3.8, 4) is 0 Å². The first-order chi connectivity index (χ1) is 13.2. The molecule has 5 aliphatic rings. The van der Waals surface area contributed by atoms with Crippen LogP contribution in [0.25, 0.3) is 0 Å². The molecule has 5 saturated carbocycles. The summed E-state index contributed by atoms with van der Waals surface area (Å²) >= 11 is 0. The van der Waals surface area contributed by atoms with Crippen LogP contribution in [0.3, 0.4) is 0 Å². The van der Waals surface area contributed by atoms with Crippen molar-refractivity contribution in [1.29, 1.82) is 0 Å². The van der Waals surface area contributed by atoms with Gasteiger partial charge in [-0.15, -0.1) is 0 Å². The molecule has 0 aromatic carbocycles. The van der Waals surface area contributed by atoms with Crippen molar-refractivity contribution in [3.05, 3.63) is 0 Å². The van der Waals surface area contributed by atoms with E-state index in [2.05, 4.69) is 27.7 Å². The Labute approximate surface area is 172 Å². The second kappa shape index (κ2) is 6.22. The molecule has 8 unspecified atom stereocenters. The number of fused-ring (bicyclic) bond motifs is 7. The fourth-order valence-corrected chi connectivity index (χ4v) is 10.6. The molecule has 0 spiro atoms. The SMILES string of the molecule is CC1(C)C(O)CCC2(C)C1CC[C@@]1(C)C3CCC4(CO)CCCC4C3CCC21. The van der Waals surface area contributed by atoms with Gasteiger partial charge in [0.1, 0.15) is 0 Å². The van der Waals surface area contributed by atoms with Gasteiger partial charge in [0.05, 0.1) is 6.10 Å². The number of hydrogen-bond acceptors (Lipinski definition) is 2. The molecule has 160 valence electrons. The first-order valence-corrected chi connectivity index (χ1v) is 12.5. The lowest BCUT2D eigenvalue weighted by atomic mass is 9.36. The fraction of sp³-hybridized carbons (Fsp3) is 1.00. The van der Waals surface area contributed by atoms with Crippen LogP contribution < -0.4 is 0 Å². The van der Waals surface area contributed by atoms with Crippen LogP contribution in [-0.4, -0.2) is 22.9 Å². The van der Waals surface area contributed by atoms with E-state index in [1.807, 2.05) is 0 Å². The minimum atomic E-state index is -0.121. The molecule has 0 radical (unpaired) electrons. The number of aliphatic hydroxyl groups excluding tert-OH is 2. The molecule has 0 aliphatic heterocycles. The maximum absolute atomic E-state index is 10.8. The second-order valence-electron chi connectivity index (χ2n) is 12.9. The van der Waals surface area contributed by atoms with E-state index in [1.54, 1.807) is 0 Å². The van der Waals surface area contributed by atoms with Gasteiger partial charge in [0.2, 0.25) is 0 Å². The van der Waals surface area contributed by atoms with Crippen molar-refractivity contribution in [1.82, 2.24) is 0 Å². The second-order valence-corrected chi connectivity index (χ2v) is 12.9. The van der Waals surface area contributed by atoms with Gasteiger partial charge < -0.3 is 10.2 Å². The van der Waals surface area contributed by atoms with Crippen molar-refractivity contribution in [3.63, 3.8) is 0 Å². The average Bonchev–Trinajstić information content (AvgIpc) is 3.10. The van der Waals surface area contributed by atoms with Gasteiger partial charge in [0.15, 0.2) is 0 Å². The molecule has 2 heteroatoms. The molecule has 2 nitrogen and oxygen atoms in total. The largest absolute Gasteiger partial charge is 0.396 e. The Kier molecular flexibility index (Phi) is 4.41. The molecule has 5 fully saturated rings. The topological polar surface area (TPSA) is 40.5 Å². The van der Waals surface area contributed by atoms with E-state index in [-0.39, 0.29) is 16.9 Å². The van der Waals surface area contributed by atoms with E-state index >= 15 is 0 Å². The average molecular weight is 389 g/mol. The zero-order valence-corrected chi connectivity index (χ0v) is 18.8. The first-order valence-electron chi connectivity index (χ1n) is 12.5. The van der Waals surface area contributed by atoms with Gasteiger partial charge in [-0.05, 0) is 115 Å². The molecule has 5 aliphatic carbocycles. The lowest BCUT2D eigenvalue weighted by molar-refractivity contribution is -0.216. The Morgan fingerprint density at radius 3 is 2.21 bits per heavy atom. The van der Waals surface area contributed by atoms with Crippen LogP contribution in [0.4, 0.5) is 0 Å². The molecular formula is C26H44O2. The van der Waals surface area contributed by atoms with E-state index in [1.165, 1.54) is 64.2 Å². The van der Waals surface area contributed by atoms with Crippen LogP contribution in [0.15, 0.2) is 0 Å². The highest BCUT2D eigenvalue weighted by Gasteiger charge is 2.66. The van der Waals surface area contributed by atoms with Gasteiger partial charge in [-0.2, -0.15) is 0 Å². The minimum Gasteiger partial charge on any atom is -0.396 e. The van der Waals surface area contributed by atoms with Crippen molar-refractivity contribution in [2.45, 2.75) is 104 Å². The lowest BCUT2D eigenvalue weighted by Gasteiger charge is -2.69. The quantitative estimate of drug-likeness (QED) is 0.595. The molecule has 0 bridgehead atoms. The van der Waals surface area contributed by atoms with Gasteiger partial charge in [-0.25, -0.2) is 0 Å². The molecule has 5 rings (SSSR count). The third kappa shape index (κ3) is 2.34. The van der Waals surface area contributed by atoms with Gasteiger partial charge in [0.25, 0.3) is 0 Å². The smallest absolute Gasteiger partial charge is 0.0594 e. The van der Waals surface area contributed by atoms with Crippen LogP contribution in [0.2, 0.25) is 0 Å². The van der Waals surface area contributed by atoms with Crippen LogP contribution in [0.1, 0.15) is 98.3 Å². The fourth-order valence-electron chi connectivity index (χ4n) is 10.6. The summed E-state index contributed by atoms with van der Waals surface area (Å²) in [7, 11) is 0. The highest BCUT2D eigenvalue weighted by Crippen LogP contribution is 2.72. The molecule has 0 saturated heterocycles. The maximum atomic E-state index is 10.8. The van der Waals surface area contributed by atoms with E-state index in [9.17, 15) is 10.2 Å². The molecule has 28 heavy (non-hydrogen) atoms. The predicted molar refractivity (Wildman–Crippen MR) is 114 cm³/mol. The van der Waals surface area contributed by atoms with Gasteiger partial charge in [-0.1, -0.05) is 34.1 Å². The zero-order chi connectivity index (χ0) is 19.9. The van der Waals surface area contributed by atoms with Gasteiger partial charge in [0, 0.05) is 6.61 Å². The monoisotopic (exact) mass is 388 g/mol. The Bertz CT molecular complexity index is 628. The van der Waals surface area contributed by atoms with E-state index < -0.39 is 0 Å². The summed E-state index contributed by atoms with van der Waals surface area (Å²) in [6, 6.07) is 0. The lowest BCUT2D eigenvalue weighted by Crippen LogP contribution is -2.63. The Morgan fingerprint density at radius 2 is 1.46 bits per heavy atom. The van der Waals surface area contributed by atoms with Gasteiger partial charge >= 0.3 is 0 Å². The van der Waals surface area contributed by atoms with E-state index in [4.69, 9.17) is 0 Å². The third-order valence-corrected chi connectivity index (χ3v) is 12.0. The van der Waals surface area contributed by atoms with Crippen LogP contribution in [0, 0.1) is 51.2 Å². The third-order valence-electron chi connectivity index (χ3n) is 12.0. The van der Waals surface area contributed by atoms with Crippen molar-refractivity contribution >= 4 is 0 Å². The summed E-state index contributed by atoms with van der Waals surface area (Å²) in [5.41, 5.74) is 1.23. The summed E-state index contributed by atoms with van der Waals surface area (Å²) in [4.78, 5) is 0. The van der Waals surface area contributed by atoms with Crippen molar-refractivity contribution in [2.75, 3.05) is 6.61 Å². The van der Waals surface area contributed by atoms with E-state index in [0.717, 1.165) is 30.1 Å². The highest BCUT2D eigenvalue weighted by molar-refractivity contribution is 5.15. The molecule has 0 aromatic heterocycles. The molecule has 2 N–H and O–H groups in total. The number of hydrogen-bond donors (Lipinski definition) is 2. The van der Waals surface area contributed by atoms with Crippen LogP contribution in [0.5, 0.6) is 0 Å². The molecule has 0 heterocycles. The Balaban J connectivity index is 1.48. The molecule has 0 aromatic rings. The Morgan fingerprint density at radius 1 is 0.714 bits per heavy atom. The van der Waals surface area contributed by atoms with E-state index in [0.29, 0.717) is 23.4 Å². The standard InChI is InChI=1S/C26H44O2/c1-23(2)20-10-13-24(3)18-9-15-26(16-27)12-5-6-19(26)17(18)7-8-21(24)25(20,4)14-11-22(23)28/h17-22,27-28H,5-16H2,1-4H3/t17?,18?,19?,20?,21?,22?,24-,25?,26?/m0/s1. The van der Waals surface area contributed by atoms with Crippen molar-refractivity contribution in [2.24, 2.45) is 51.2 Å². The Hall–Kier alpha value is -0.0800. The highest BCUT2D eigenvalue weighted by atomic mass is 16.3. The summed E-state index contributed by atoms with van der Waals surface area (Å²) < 4.78 is 0. The minimum absolute atomic E-state index is 0.0647. The van der Waals surface area contributed by atoms with Crippen molar-refractivity contribution < 1.29 is 10.2 Å². The normalized spacial score (nSPS) is 57.6. The number of rotatable bonds is 1. The first kappa shape index (κ1) is 19.9. The van der Waals surface area contributed by atoms with Crippen LogP contribution in [-0.2, 0) is 0 Å². The summed E-state index contributed by atoms with van der Waals surface area (Å²) in [5.74, 6) is 4.04. The summed E-state index contributed by atoms with van der Waals surface area (Å²) in [6.07, 6.45) is 14.2. The zero-order valence-electron chi connectivity index (χ0n) is 18.8. The predicted octanol–water partition coefficient (Wildman–Crippen LogP) is 5.80. The maximum Gasteiger partial charge on any atom is 0.0594 e. The summed E-state index contributed by atoms with van der Waals surface area (Å²) in [5, 5.41) is 21.1. The molecule has 9 atom stereocenters. The molecular weight excluding hydrogens is 344 g/mol. The van der Waals surface area contributed by atoms with Gasteiger partial charge in [-0.3, -0.25) is 0 Å². The number of aliphatic hydroxyl groups is 2. The van der Waals surface area contributed by atoms with Crippen LogP contribution >= 0.6 is 0 Å². The summed E-state index contributed by atoms with van der Waals surface area (Å²) in [6.45, 7) is 10.4. The molecule has 0 amide bonds.